The highest BCUT2D eigenvalue weighted by Crippen LogP contribution is 2.10. The molecule has 7 nitrogen and oxygen atoms in total. The lowest BCUT2D eigenvalue weighted by Gasteiger charge is -2.09. The van der Waals surface area contributed by atoms with Crippen LogP contribution in [0.1, 0.15) is 27.2 Å². The standard InChI is InChI=1S/C13H25N5O2/c1-5-20-13-17-11(14-4)16-12(18-13)15-7-9-19-8-6-10(2)3/h10H,5-9H2,1-4H3,(H2,14,15,16,17,18). The van der Waals surface area contributed by atoms with E-state index in [-0.39, 0.29) is 0 Å². The average molecular weight is 283 g/mol. The van der Waals surface area contributed by atoms with E-state index in [1.54, 1.807) is 7.05 Å². The molecule has 0 aliphatic rings. The van der Waals surface area contributed by atoms with Crippen molar-refractivity contribution >= 4 is 11.9 Å². The topological polar surface area (TPSA) is 81.2 Å². The van der Waals surface area contributed by atoms with Crippen molar-refractivity contribution in [2.75, 3.05) is 44.0 Å². The van der Waals surface area contributed by atoms with Crippen LogP contribution in [0, 0.1) is 5.92 Å². The molecule has 7 heteroatoms. The lowest BCUT2D eigenvalue weighted by atomic mass is 10.1. The van der Waals surface area contributed by atoms with Gasteiger partial charge in [0, 0.05) is 20.2 Å². The van der Waals surface area contributed by atoms with E-state index in [0.29, 0.717) is 43.6 Å². The zero-order chi connectivity index (χ0) is 14.8. The molecular formula is C13H25N5O2. The predicted octanol–water partition coefficient (Wildman–Crippen LogP) is 1.79. The Bertz CT molecular complexity index is 387. The molecule has 0 radical (unpaired) electrons. The summed E-state index contributed by atoms with van der Waals surface area (Å²) in [7, 11) is 1.75. The monoisotopic (exact) mass is 283 g/mol. The molecule has 2 N–H and O–H groups in total. The zero-order valence-corrected chi connectivity index (χ0v) is 12.8. The summed E-state index contributed by atoms with van der Waals surface area (Å²) in [6.45, 7) is 8.82. The summed E-state index contributed by atoms with van der Waals surface area (Å²) in [6.07, 6.45) is 1.07. The second-order valence-corrected chi connectivity index (χ2v) is 4.67. The second kappa shape index (κ2) is 9.30. The van der Waals surface area contributed by atoms with Crippen LogP contribution in [0.5, 0.6) is 6.01 Å². The molecule has 114 valence electrons. The molecule has 0 bridgehead atoms. The van der Waals surface area contributed by atoms with Crippen LogP contribution in [0.25, 0.3) is 0 Å². The number of hydrogen-bond donors (Lipinski definition) is 2. The van der Waals surface area contributed by atoms with Crippen LogP contribution in [0.4, 0.5) is 11.9 Å². The highest BCUT2D eigenvalue weighted by Gasteiger charge is 2.05. The first kappa shape index (κ1) is 16.4. The van der Waals surface area contributed by atoms with Crippen molar-refractivity contribution in [3.05, 3.63) is 0 Å². The number of hydrogen-bond acceptors (Lipinski definition) is 7. The van der Waals surface area contributed by atoms with Gasteiger partial charge in [0.2, 0.25) is 11.9 Å². The molecule has 0 aliphatic heterocycles. The van der Waals surface area contributed by atoms with Crippen LogP contribution in [-0.2, 0) is 4.74 Å². The van der Waals surface area contributed by atoms with E-state index in [1.165, 1.54) is 0 Å². The highest BCUT2D eigenvalue weighted by atomic mass is 16.5. The number of nitrogens with zero attached hydrogens (tertiary/aromatic N) is 3. The average Bonchev–Trinajstić information content (AvgIpc) is 2.42. The van der Waals surface area contributed by atoms with Gasteiger partial charge < -0.3 is 20.1 Å². The second-order valence-electron chi connectivity index (χ2n) is 4.67. The van der Waals surface area contributed by atoms with E-state index in [4.69, 9.17) is 9.47 Å². The molecule has 0 aromatic carbocycles. The summed E-state index contributed by atoms with van der Waals surface area (Å²) in [5.41, 5.74) is 0. The van der Waals surface area contributed by atoms with Gasteiger partial charge in [0.1, 0.15) is 0 Å². The van der Waals surface area contributed by atoms with Gasteiger partial charge in [-0.2, -0.15) is 15.0 Å². The van der Waals surface area contributed by atoms with E-state index >= 15 is 0 Å². The maximum atomic E-state index is 5.52. The van der Waals surface area contributed by atoms with Crippen molar-refractivity contribution in [1.82, 2.24) is 15.0 Å². The lowest BCUT2D eigenvalue weighted by Crippen LogP contribution is -2.14. The van der Waals surface area contributed by atoms with Crippen LogP contribution in [0.15, 0.2) is 0 Å². The summed E-state index contributed by atoms with van der Waals surface area (Å²) in [5, 5.41) is 5.97. The fraction of sp³-hybridized carbons (Fsp3) is 0.769. The predicted molar refractivity (Wildman–Crippen MR) is 79.3 cm³/mol. The van der Waals surface area contributed by atoms with Crippen molar-refractivity contribution in [2.45, 2.75) is 27.2 Å². The van der Waals surface area contributed by atoms with Gasteiger partial charge in [-0.1, -0.05) is 13.8 Å². The number of ether oxygens (including phenoxy) is 2. The molecule has 1 aromatic heterocycles. The Kier molecular flexibility index (Phi) is 7.64. The first-order valence-electron chi connectivity index (χ1n) is 7.04. The number of nitrogens with one attached hydrogen (secondary N) is 2. The summed E-state index contributed by atoms with van der Waals surface area (Å²) >= 11 is 0. The van der Waals surface area contributed by atoms with Crippen LogP contribution < -0.4 is 15.4 Å². The summed E-state index contributed by atoms with van der Waals surface area (Å²) in [4.78, 5) is 12.5. The van der Waals surface area contributed by atoms with Gasteiger partial charge in [-0.05, 0) is 19.3 Å². The molecule has 0 aliphatic carbocycles. The molecule has 0 fully saturated rings. The van der Waals surface area contributed by atoms with Gasteiger partial charge in [0.25, 0.3) is 0 Å². The molecule has 1 aromatic rings. The third-order valence-electron chi connectivity index (χ3n) is 2.48. The number of rotatable bonds is 10. The third kappa shape index (κ3) is 6.51. The fourth-order valence-corrected chi connectivity index (χ4v) is 1.40. The van der Waals surface area contributed by atoms with E-state index in [1.807, 2.05) is 6.92 Å². The largest absolute Gasteiger partial charge is 0.464 e. The van der Waals surface area contributed by atoms with Crippen molar-refractivity contribution < 1.29 is 9.47 Å². The van der Waals surface area contributed by atoms with Crippen molar-refractivity contribution in [3.8, 4) is 6.01 Å². The lowest BCUT2D eigenvalue weighted by molar-refractivity contribution is 0.132. The van der Waals surface area contributed by atoms with Gasteiger partial charge in [0.15, 0.2) is 0 Å². The van der Waals surface area contributed by atoms with Crippen LogP contribution in [-0.4, -0.2) is 48.4 Å². The zero-order valence-electron chi connectivity index (χ0n) is 12.8. The molecule has 0 atom stereocenters. The maximum Gasteiger partial charge on any atom is 0.323 e. The van der Waals surface area contributed by atoms with Gasteiger partial charge in [-0.25, -0.2) is 0 Å². The molecule has 0 amide bonds. The minimum atomic E-state index is 0.315. The van der Waals surface area contributed by atoms with Gasteiger partial charge >= 0.3 is 6.01 Å². The molecule has 0 saturated heterocycles. The van der Waals surface area contributed by atoms with Crippen molar-refractivity contribution in [2.24, 2.45) is 5.92 Å². The molecule has 0 unspecified atom stereocenters. The van der Waals surface area contributed by atoms with Gasteiger partial charge in [-0.3, -0.25) is 0 Å². The molecular weight excluding hydrogens is 258 g/mol. The van der Waals surface area contributed by atoms with Crippen molar-refractivity contribution in [1.29, 1.82) is 0 Å². The maximum absolute atomic E-state index is 5.52. The Balaban J connectivity index is 2.36. The Hall–Kier alpha value is -1.63. The fourth-order valence-electron chi connectivity index (χ4n) is 1.40. The smallest absolute Gasteiger partial charge is 0.323 e. The molecule has 1 heterocycles. The Labute approximate surface area is 120 Å². The van der Waals surface area contributed by atoms with Crippen LogP contribution in [0.3, 0.4) is 0 Å². The Morgan fingerprint density at radius 2 is 1.85 bits per heavy atom. The molecule has 0 spiro atoms. The van der Waals surface area contributed by atoms with E-state index in [0.717, 1.165) is 13.0 Å². The van der Waals surface area contributed by atoms with Gasteiger partial charge in [-0.15, -0.1) is 0 Å². The third-order valence-corrected chi connectivity index (χ3v) is 2.48. The van der Waals surface area contributed by atoms with Gasteiger partial charge in [0.05, 0.1) is 13.2 Å². The SMILES string of the molecule is CCOc1nc(NC)nc(NCCOCCC(C)C)n1. The minimum Gasteiger partial charge on any atom is -0.464 e. The number of anilines is 2. The molecule has 1 rings (SSSR count). The summed E-state index contributed by atoms with van der Waals surface area (Å²) in [5.74, 6) is 1.63. The van der Waals surface area contributed by atoms with Crippen LogP contribution >= 0.6 is 0 Å². The Morgan fingerprint density at radius 1 is 1.10 bits per heavy atom. The first-order chi connectivity index (χ1) is 9.65. The van der Waals surface area contributed by atoms with E-state index in [9.17, 15) is 0 Å². The first-order valence-corrected chi connectivity index (χ1v) is 7.04. The minimum absolute atomic E-state index is 0.315. The summed E-state index contributed by atoms with van der Waals surface area (Å²) in [6, 6.07) is 0.315. The van der Waals surface area contributed by atoms with E-state index in [2.05, 4.69) is 39.4 Å². The molecule has 20 heavy (non-hydrogen) atoms. The highest BCUT2D eigenvalue weighted by molar-refractivity contribution is 5.35. The van der Waals surface area contributed by atoms with Crippen LogP contribution in [0.2, 0.25) is 0 Å². The quantitative estimate of drug-likeness (QED) is 0.633. The summed E-state index contributed by atoms with van der Waals surface area (Å²) < 4.78 is 10.8. The van der Waals surface area contributed by atoms with E-state index < -0.39 is 0 Å². The van der Waals surface area contributed by atoms with Crippen molar-refractivity contribution in [3.63, 3.8) is 0 Å². The number of aromatic nitrogens is 3. The normalized spacial score (nSPS) is 10.7. The molecule has 0 saturated carbocycles. The Morgan fingerprint density at radius 3 is 2.50 bits per heavy atom.